The maximum atomic E-state index is 5.93. The second-order valence-electron chi connectivity index (χ2n) is 4.09. The van der Waals surface area contributed by atoms with Crippen LogP contribution in [0.2, 0.25) is 0 Å². The van der Waals surface area contributed by atoms with E-state index in [4.69, 9.17) is 10.5 Å². The number of nitrogens with zero attached hydrogens (tertiary/aromatic N) is 2. The number of hydrogen-bond acceptors (Lipinski definition) is 5. The minimum atomic E-state index is 0.235. The molecule has 0 aliphatic heterocycles. The molecule has 0 fully saturated rings. The Kier molecular flexibility index (Phi) is 3.05. The normalized spacial score (nSPS) is 10.8. The highest BCUT2D eigenvalue weighted by Crippen LogP contribution is 2.32. The summed E-state index contributed by atoms with van der Waals surface area (Å²) >= 11 is 1.53. The first-order chi connectivity index (χ1) is 9.28. The van der Waals surface area contributed by atoms with Crippen molar-refractivity contribution >= 4 is 27.5 Å². The van der Waals surface area contributed by atoms with Crippen molar-refractivity contribution in [3.8, 4) is 11.6 Å². The lowest BCUT2D eigenvalue weighted by atomic mass is 10.1. The maximum Gasteiger partial charge on any atom is 0.232 e. The maximum absolute atomic E-state index is 5.93. The van der Waals surface area contributed by atoms with Gasteiger partial charge in [-0.25, -0.2) is 4.98 Å². The number of thiophene rings is 1. The zero-order chi connectivity index (χ0) is 13.2. The fourth-order valence-electron chi connectivity index (χ4n) is 1.92. The van der Waals surface area contributed by atoms with E-state index < -0.39 is 0 Å². The molecule has 2 aromatic heterocycles. The summed E-state index contributed by atoms with van der Waals surface area (Å²) in [5, 5.41) is 2.85. The molecule has 0 unspecified atom stereocenters. The summed E-state index contributed by atoms with van der Waals surface area (Å²) in [7, 11) is 0. The van der Waals surface area contributed by atoms with Gasteiger partial charge in [0.25, 0.3) is 0 Å². The molecule has 0 aliphatic carbocycles. The Morgan fingerprint density at radius 3 is 2.89 bits per heavy atom. The summed E-state index contributed by atoms with van der Waals surface area (Å²) in [5.74, 6) is 1.57. The minimum Gasteiger partial charge on any atom is -0.438 e. The molecule has 2 heterocycles. The highest BCUT2D eigenvalue weighted by Gasteiger charge is 2.11. The SMILES string of the molecule is CCc1ccccc1Oc1nc(N)nc2sccc12. The third-order valence-corrected chi connectivity index (χ3v) is 3.67. The predicted molar refractivity (Wildman–Crippen MR) is 77.7 cm³/mol. The molecule has 19 heavy (non-hydrogen) atoms. The number of ether oxygens (including phenoxy) is 1. The van der Waals surface area contributed by atoms with Gasteiger partial charge in [-0.3, -0.25) is 0 Å². The largest absolute Gasteiger partial charge is 0.438 e. The lowest BCUT2D eigenvalue weighted by Gasteiger charge is -2.09. The molecule has 0 spiro atoms. The lowest BCUT2D eigenvalue weighted by molar-refractivity contribution is 0.464. The first-order valence-electron chi connectivity index (χ1n) is 6.04. The summed E-state index contributed by atoms with van der Waals surface area (Å²) in [6, 6.07) is 9.88. The molecule has 5 heteroatoms. The summed E-state index contributed by atoms with van der Waals surface area (Å²) in [6.07, 6.45) is 0.906. The van der Waals surface area contributed by atoms with Gasteiger partial charge in [-0.1, -0.05) is 25.1 Å². The van der Waals surface area contributed by atoms with Crippen LogP contribution < -0.4 is 10.5 Å². The number of nitrogen functional groups attached to an aromatic ring is 1. The molecular weight excluding hydrogens is 258 g/mol. The Bertz CT molecular complexity index is 724. The molecule has 0 bridgehead atoms. The third kappa shape index (κ3) is 2.24. The van der Waals surface area contributed by atoms with E-state index in [2.05, 4.69) is 16.9 Å². The minimum absolute atomic E-state index is 0.235. The van der Waals surface area contributed by atoms with Crippen molar-refractivity contribution in [2.24, 2.45) is 0 Å². The van der Waals surface area contributed by atoms with Crippen LogP contribution >= 0.6 is 11.3 Å². The van der Waals surface area contributed by atoms with Crippen molar-refractivity contribution in [1.29, 1.82) is 0 Å². The van der Waals surface area contributed by atoms with E-state index in [0.717, 1.165) is 28.0 Å². The quantitative estimate of drug-likeness (QED) is 0.790. The van der Waals surface area contributed by atoms with Crippen LogP contribution in [0.5, 0.6) is 11.6 Å². The third-order valence-electron chi connectivity index (χ3n) is 2.87. The van der Waals surface area contributed by atoms with Crippen LogP contribution in [0, 0.1) is 0 Å². The van der Waals surface area contributed by atoms with Gasteiger partial charge in [-0.05, 0) is 29.5 Å². The number of fused-ring (bicyclic) bond motifs is 1. The predicted octanol–water partition coefficient (Wildman–Crippen LogP) is 3.63. The number of hydrogen-bond donors (Lipinski definition) is 1. The standard InChI is InChI=1S/C14H13N3OS/c1-2-9-5-3-4-6-11(9)18-12-10-7-8-19-13(10)17-14(15)16-12/h3-8H,2H2,1H3,(H2,15,16,17). The highest BCUT2D eigenvalue weighted by atomic mass is 32.1. The fourth-order valence-corrected chi connectivity index (χ4v) is 2.68. The van der Waals surface area contributed by atoms with E-state index in [1.807, 2.05) is 35.7 Å². The van der Waals surface area contributed by atoms with Crippen molar-refractivity contribution in [2.45, 2.75) is 13.3 Å². The van der Waals surface area contributed by atoms with E-state index in [0.29, 0.717) is 5.88 Å². The Labute approximate surface area is 114 Å². The van der Waals surface area contributed by atoms with Gasteiger partial charge in [0.05, 0.1) is 5.39 Å². The summed E-state index contributed by atoms with van der Waals surface area (Å²) in [5.41, 5.74) is 6.85. The molecule has 0 aliphatic rings. The van der Waals surface area contributed by atoms with Crippen molar-refractivity contribution in [2.75, 3.05) is 5.73 Å². The number of aryl methyl sites for hydroxylation is 1. The molecule has 0 amide bonds. The van der Waals surface area contributed by atoms with Crippen LogP contribution in [-0.2, 0) is 6.42 Å². The molecule has 0 radical (unpaired) electrons. The van der Waals surface area contributed by atoms with Crippen LogP contribution in [0.4, 0.5) is 5.95 Å². The monoisotopic (exact) mass is 271 g/mol. The number of nitrogens with two attached hydrogens (primary N) is 1. The van der Waals surface area contributed by atoms with E-state index in [1.165, 1.54) is 11.3 Å². The molecule has 1 aromatic carbocycles. The van der Waals surface area contributed by atoms with Gasteiger partial charge in [0.2, 0.25) is 11.8 Å². The van der Waals surface area contributed by atoms with Gasteiger partial charge < -0.3 is 10.5 Å². The van der Waals surface area contributed by atoms with Gasteiger partial charge in [-0.15, -0.1) is 11.3 Å². The van der Waals surface area contributed by atoms with Crippen LogP contribution in [-0.4, -0.2) is 9.97 Å². The first kappa shape index (κ1) is 11.9. The molecular formula is C14H13N3OS. The summed E-state index contributed by atoms with van der Waals surface area (Å²) in [4.78, 5) is 9.23. The average molecular weight is 271 g/mol. The fraction of sp³-hybridized carbons (Fsp3) is 0.143. The van der Waals surface area contributed by atoms with Crippen LogP contribution in [0.15, 0.2) is 35.7 Å². The first-order valence-corrected chi connectivity index (χ1v) is 6.92. The van der Waals surface area contributed by atoms with Gasteiger partial charge >= 0.3 is 0 Å². The van der Waals surface area contributed by atoms with Crippen molar-refractivity contribution in [1.82, 2.24) is 9.97 Å². The van der Waals surface area contributed by atoms with Crippen molar-refractivity contribution < 1.29 is 4.74 Å². The molecule has 4 nitrogen and oxygen atoms in total. The second kappa shape index (κ2) is 4.85. The molecule has 0 atom stereocenters. The van der Waals surface area contributed by atoms with E-state index in [9.17, 15) is 0 Å². The van der Waals surface area contributed by atoms with Crippen LogP contribution in [0.3, 0.4) is 0 Å². The van der Waals surface area contributed by atoms with Crippen LogP contribution in [0.1, 0.15) is 12.5 Å². The molecule has 2 N–H and O–H groups in total. The zero-order valence-electron chi connectivity index (χ0n) is 10.5. The second-order valence-corrected chi connectivity index (χ2v) is 4.98. The number of rotatable bonds is 3. The summed E-state index contributed by atoms with van der Waals surface area (Å²) < 4.78 is 5.93. The number of para-hydroxylation sites is 1. The van der Waals surface area contributed by atoms with E-state index >= 15 is 0 Å². The van der Waals surface area contributed by atoms with E-state index in [1.54, 1.807) is 0 Å². The van der Waals surface area contributed by atoms with Gasteiger partial charge in [0.15, 0.2) is 0 Å². The van der Waals surface area contributed by atoms with Crippen molar-refractivity contribution in [3.63, 3.8) is 0 Å². The van der Waals surface area contributed by atoms with Crippen molar-refractivity contribution in [3.05, 3.63) is 41.3 Å². The molecule has 3 aromatic rings. The Morgan fingerprint density at radius 1 is 1.21 bits per heavy atom. The number of benzene rings is 1. The zero-order valence-corrected chi connectivity index (χ0v) is 11.3. The Morgan fingerprint density at radius 2 is 2.05 bits per heavy atom. The molecule has 0 saturated heterocycles. The number of anilines is 1. The Balaban J connectivity index is 2.07. The summed E-state index contributed by atoms with van der Waals surface area (Å²) in [6.45, 7) is 2.09. The molecule has 3 rings (SSSR count). The topological polar surface area (TPSA) is 61.0 Å². The number of aromatic nitrogens is 2. The highest BCUT2D eigenvalue weighted by molar-refractivity contribution is 7.16. The van der Waals surface area contributed by atoms with Gasteiger partial charge in [0.1, 0.15) is 10.6 Å². The van der Waals surface area contributed by atoms with Gasteiger partial charge in [0, 0.05) is 0 Å². The Hall–Kier alpha value is -2.14. The molecule has 96 valence electrons. The molecule has 0 saturated carbocycles. The lowest BCUT2D eigenvalue weighted by Crippen LogP contribution is -1.98. The van der Waals surface area contributed by atoms with Crippen LogP contribution in [0.25, 0.3) is 10.2 Å². The van der Waals surface area contributed by atoms with E-state index in [-0.39, 0.29) is 5.95 Å². The average Bonchev–Trinajstić information content (AvgIpc) is 2.87. The van der Waals surface area contributed by atoms with Gasteiger partial charge in [-0.2, -0.15) is 4.98 Å². The smallest absolute Gasteiger partial charge is 0.232 e.